The van der Waals surface area contributed by atoms with Gasteiger partial charge in [-0.2, -0.15) is 0 Å². The zero-order valence-corrected chi connectivity index (χ0v) is 25.9. The summed E-state index contributed by atoms with van der Waals surface area (Å²) in [6.07, 6.45) is 14.7. The molecule has 6 N–H and O–H groups in total. The number of carboxylic acid groups (broad SMARTS) is 3. The predicted molar refractivity (Wildman–Crippen MR) is 164 cm³/mol. The summed E-state index contributed by atoms with van der Waals surface area (Å²) in [4.78, 5) is 57.3. The van der Waals surface area contributed by atoms with E-state index in [4.69, 9.17) is 10.2 Å². The van der Waals surface area contributed by atoms with E-state index in [1.807, 2.05) is 22.4 Å². The summed E-state index contributed by atoms with van der Waals surface area (Å²) in [7, 11) is 0. The van der Waals surface area contributed by atoms with Crippen LogP contribution < -0.4 is 15.9 Å². The van der Waals surface area contributed by atoms with Gasteiger partial charge in [0.25, 0.3) is 5.27 Å². The first-order valence-corrected chi connectivity index (χ1v) is 16.2. The van der Waals surface area contributed by atoms with E-state index in [1.54, 1.807) is 0 Å². The van der Waals surface area contributed by atoms with Crippen LogP contribution in [0, 0.1) is 0 Å². The van der Waals surface area contributed by atoms with Crippen molar-refractivity contribution < 1.29 is 39.3 Å². The second-order valence-electron chi connectivity index (χ2n) is 10.2. The molecule has 0 unspecified atom stereocenters. The second-order valence-corrected chi connectivity index (χ2v) is 11.0. The van der Waals surface area contributed by atoms with E-state index in [1.165, 1.54) is 19.3 Å². The third-order valence-corrected chi connectivity index (χ3v) is 7.14. The van der Waals surface area contributed by atoms with Crippen molar-refractivity contribution in [2.75, 3.05) is 6.54 Å². The summed E-state index contributed by atoms with van der Waals surface area (Å²) in [5.41, 5.74) is 0. The number of rotatable bonds is 28. The van der Waals surface area contributed by atoms with Crippen molar-refractivity contribution in [1.82, 2.24) is 15.9 Å². The number of hydrogen-bond donors (Lipinski definition) is 6. The maximum Gasteiger partial charge on any atom is 0.326 e. The van der Waals surface area contributed by atoms with Crippen LogP contribution in [0.25, 0.3) is 0 Å². The fourth-order valence-electron chi connectivity index (χ4n) is 4.32. The predicted octanol–water partition coefficient (Wildman–Crippen LogP) is 3.91. The summed E-state index contributed by atoms with van der Waals surface area (Å²) in [6, 6.07) is -1.71. The fraction of sp³-hybridized carbons (Fsp3) is 0.815. The average molecular weight is 681 g/mol. The van der Waals surface area contributed by atoms with E-state index in [9.17, 15) is 29.1 Å². The lowest BCUT2D eigenvalue weighted by Crippen LogP contribution is -2.41. The van der Waals surface area contributed by atoms with Gasteiger partial charge in [0, 0.05) is 25.8 Å². The van der Waals surface area contributed by atoms with E-state index in [0.29, 0.717) is 37.5 Å². The lowest BCUT2D eigenvalue weighted by atomic mass is 10.0. The molecule has 0 aliphatic heterocycles. The number of hydrogen-bond acceptors (Lipinski definition) is 6. The fourth-order valence-corrected chi connectivity index (χ4v) is 4.86. The first-order chi connectivity index (χ1) is 19.2. The minimum absolute atomic E-state index is 0.00983. The molecule has 0 aliphatic carbocycles. The highest BCUT2D eigenvalue weighted by Crippen LogP contribution is 2.13. The Hall–Kier alpha value is -1.90. The average Bonchev–Trinajstić information content (AvgIpc) is 2.89. The van der Waals surface area contributed by atoms with E-state index >= 15 is 0 Å². The monoisotopic (exact) mass is 681 g/mol. The van der Waals surface area contributed by atoms with Gasteiger partial charge in [-0.3, -0.25) is 19.2 Å². The van der Waals surface area contributed by atoms with Gasteiger partial charge >= 0.3 is 17.9 Å². The number of aliphatic carboxylic acids is 3. The minimum Gasteiger partial charge on any atom is -0.481 e. The number of unbranched alkanes of at least 4 members (excludes halogenated alkanes) is 12. The third kappa shape index (κ3) is 23.9. The summed E-state index contributed by atoms with van der Waals surface area (Å²) >= 11 is 2.05. The molecule has 0 rings (SSSR count). The van der Waals surface area contributed by atoms with Gasteiger partial charge in [-0.05, 0) is 38.5 Å². The molecule has 0 saturated carbocycles. The normalized spacial score (nSPS) is 12.3. The van der Waals surface area contributed by atoms with Gasteiger partial charge in [-0.25, -0.2) is 4.79 Å². The third-order valence-electron chi connectivity index (χ3n) is 6.70. The number of halogens is 1. The molecule has 40 heavy (non-hydrogen) atoms. The number of carboxylic acids is 3. The summed E-state index contributed by atoms with van der Waals surface area (Å²) in [5, 5.41) is 35.8. The Morgan fingerprint density at radius 2 is 1.07 bits per heavy atom. The Bertz CT molecular complexity index is 745. The van der Waals surface area contributed by atoms with Crippen molar-refractivity contribution in [3.63, 3.8) is 0 Å². The van der Waals surface area contributed by atoms with Crippen LogP contribution in [-0.2, 0) is 24.0 Å². The van der Waals surface area contributed by atoms with Gasteiger partial charge < -0.3 is 31.2 Å². The molecule has 0 aromatic carbocycles. The smallest absolute Gasteiger partial charge is 0.326 e. The first kappa shape index (κ1) is 38.1. The van der Waals surface area contributed by atoms with Gasteiger partial charge in [0.05, 0.1) is 6.04 Å². The number of amides is 2. The van der Waals surface area contributed by atoms with Gasteiger partial charge in [-0.1, -0.05) is 64.2 Å². The zero-order valence-electron chi connectivity index (χ0n) is 23.8. The van der Waals surface area contributed by atoms with Gasteiger partial charge in [0.2, 0.25) is 11.8 Å². The number of nitrogens with one attached hydrogen (secondary N) is 3. The Morgan fingerprint density at radius 1 is 0.575 bits per heavy atom. The highest BCUT2D eigenvalue weighted by atomic mass is 127. The summed E-state index contributed by atoms with van der Waals surface area (Å²) in [5.74, 6) is -3.39. The highest BCUT2D eigenvalue weighted by Gasteiger charge is 2.21. The van der Waals surface area contributed by atoms with E-state index in [0.717, 1.165) is 51.4 Å². The van der Waals surface area contributed by atoms with Gasteiger partial charge in [0.15, 0.2) is 0 Å². The molecule has 0 bridgehead atoms. The summed E-state index contributed by atoms with van der Waals surface area (Å²) < 4.78 is 0. The van der Waals surface area contributed by atoms with Crippen LogP contribution in [0.5, 0.6) is 0 Å². The first-order valence-electron chi connectivity index (χ1n) is 14.7. The van der Waals surface area contributed by atoms with E-state index in [2.05, 4.69) is 15.9 Å². The van der Waals surface area contributed by atoms with Gasteiger partial charge in [-0.15, -0.1) is 22.4 Å². The van der Waals surface area contributed by atoms with Crippen molar-refractivity contribution in [2.45, 2.75) is 134 Å². The molecule has 0 fully saturated rings. The zero-order chi connectivity index (χ0) is 30.0. The summed E-state index contributed by atoms with van der Waals surface area (Å²) in [6.45, 7) is 0.385. The van der Waals surface area contributed by atoms with Crippen molar-refractivity contribution >= 4 is 57.4 Å². The lowest BCUT2D eigenvalue weighted by molar-refractivity contribution is -0.142. The SMILES string of the molecule is O=C(O)CCCCCCCCCCCCCCC(=O)N[C@@H](CCC(=O)NCCCC[C@H](NBI)C(=O)O)C(=O)O. The van der Waals surface area contributed by atoms with Crippen molar-refractivity contribution in [2.24, 2.45) is 0 Å². The molecule has 2 amide bonds. The van der Waals surface area contributed by atoms with E-state index < -0.39 is 30.0 Å². The molecule has 2 atom stereocenters. The lowest BCUT2D eigenvalue weighted by Gasteiger charge is -2.15. The molecule has 0 saturated heterocycles. The Labute approximate surface area is 252 Å². The number of carbonyl (C=O) groups is 5. The molecule has 0 aromatic rings. The van der Waals surface area contributed by atoms with Crippen LogP contribution in [0.1, 0.15) is 122 Å². The van der Waals surface area contributed by atoms with Crippen molar-refractivity contribution in [1.29, 1.82) is 0 Å². The Morgan fingerprint density at radius 3 is 1.55 bits per heavy atom. The molecular weight excluding hydrogens is 632 g/mol. The van der Waals surface area contributed by atoms with Crippen LogP contribution in [0.15, 0.2) is 0 Å². The molecule has 0 heterocycles. The van der Waals surface area contributed by atoms with Crippen LogP contribution in [0.3, 0.4) is 0 Å². The van der Waals surface area contributed by atoms with Crippen LogP contribution in [0.4, 0.5) is 0 Å². The molecule has 11 nitrogen and oxygen atoms in total. The maximum atomic E-state index is 12.2. The van der Waals surface area contributed by atoms with Crippen LogP contribution >= 0.6 is 22.4 Å². The van der Waals surface area contributed by atoms with E-state index in [-0.39, 0.29) is 37.5 Å². The maximum absolute atomic E-state index is 12.2. The molecule has 13 heteroatoms. The second kappa shape index (κ2) is 26.0. The molecular formula is C27H49BIN3O8. The van der Waals surface area contributed by atoms with Crippen LogP contribution in [-0.4, -0.2) is 68.9 Å². The Kier molecular flexibility index (Phi) is 24.8. The quantitative estimate of drug-likeness (QED) is 0.0405. The van der Waals surface area contributed by atoms with Crippen LogP contribution in [0.2, 0.25) is 0 Å². The largest absolute Gasteiger partial charge is 0.481 e. The Balaban J connectivity index is 3.81. The molecule has 0 spiro atoms. The number of carbonyl (C=O) groups excluding carboxylic acids is 2. The van der Waals surface area contributed by atoms with Crippen molar-refractivity contribution in [3.05, 3.63) is 0 Å². The van der Waals surface area contributed by atoms with Crippen molar-refractivity contribution in [3.8, 4) is 0 Å². The molecule has 0 radical (unpaired) electrons. The standard InChI is InChI=1S/C27H49BIN3O8/c29-28-32-22(27(39)40)15-13-14-20-30-23(33)19-18-21(26(37)38)31-24(34)16-11-9-7-5-3-1-2-4-6-8-10-12-17-25(35)36/h21-22,28,32H,1-20H2,(H,30,33)(H,31,34)(H,35,36)(H,37,38)(H,39,40)/t21-,22-/m0/s1. The topological polar surface area (TPSA) is 182 Å². The molecule has 230 valence electrons. The highest BCUT2D eigenvalue weighted by molar-refractivity contribution is 14.1. The molecule has 0 aliphatic rings. The minimum atomic E-state index is -1.16. The van der Waals surface area contributed by atoms with Gasteiger partial charge in [0.1, 0.15) is 6.04 Å². The molecule has 0 aromatic heterocycles.